The van der Waals surface area contributed by atoms with Crippen LogP contribution in [-0.2, 0) is 6.42 Å². The van der Waals surface area contributed by atoms with Crippen LogP contribution in [0.15, 0.2) is 18.2 Å². The van der Waals surface area contributed by atoms with Gasteiger partial charge in [0, 0.05) is 6.04 Å². The second kappa shape index (κ2) is 6.17. The van der Waals surface area contributed by atoms with Crippen LogP contribution >= 0.6 is 0 Å². The van der Waals surface area contributed by atoms with Crippen molar-refractivity contribution >= 4 is 0 Å². The van der Waals surface area contributed by atoms with E-state index in [-0.39, 0.29) is 6.04 Å². The predicted molar refractivity (Wildman–Crippen MR) is 83.0 cm³/mol. The van der Waals surface area contributed by atoms with Gasteiger partial charge in [0.2, 0.25) is 0 Å². The van der Waals surface area contributed by atoms with Crippen LogP contribution in [0, 0.1) is 5.92 Å². The predicted octanol–water partition coefficient (Wildman–Crippen LogP) is 4.37. The van der Waals surface area contributed by atoms with Crippen molar-refractivity contribution in [3.63, 3.8) is 0 Å². The second-order valence-electron chi connectivity index (χ2n) is 6.54. The smallest absolute Gasteiger partial charge is 0.120 e. The SMILES string of the molecule is CCC1CCCC(Oc2ccc3c(c2)[C@@H](N)CCC3)C1. The third-order valence-electron chi connectivity index (χ3n) is 5.09. The van der Waals surface area contributed by atoms with E-state index in [9.17, 15) is 0 Å². The average molecular weight is 273 g/mol. The number of benzene rings is 1. The number of hydrogen-bond acceptors (Lipinski definition) is 2. The van der Waals surface area contributed by atoms with Crippen LogP contribution in [0.1, 0.15) is 69.0 Å². The summed E-state index contributed by atoms with van der Waals surface area (Å²) in [6.45, 7) is 2.30. The molecule has 2 aliphatic rings. The van der Waals surface area contributed by atoms with E-state index in [2.05, 4.69) is 25.1 Å². The van der Waals surface area contributed by atoms with Crippen molar-refractivity contribution in [2.24, 2.45) is 11.7 Å². The summed E-state index contributed by atoms with van der Waals surface area (Å²) in [5, 5.41) is 0. The van der Waals surface area contributed by atoms with Gasteiger partial charge in [-0.05, 0) is 67.7 Å². The summed E-state index contributed by atoms with van der Waals surface area (Å²) in [7, 11) is 0. The van der Waals surface area contributed by atoms with E-state index >= 15 is 0 Å². The Bertz CT molecular complexity index is 457. The molecule has 0 heterocycles. The molecule has 0 amide bonds. The van der Waals surface area contributed by atoms with Gasteiger partial charge in [-0.15, -0.1) is 0 Å². The van der Waals surface area contributed by atoms with Crippen LogP contribution in [0.5, 0.6) is 5.75 Å². The molecule has 0 spiro atoms. The lowest BCUT2D eigenvalue weighted by molar-refractivity contribution is 0.122. The quantitative estimate of drug-likeness (QED) is 0.887. The van der Waals surface area contributed by atoms with Gasteiger partial charge in [-0.3, -0.25) is 0 Å². The average Bonchev–Trinajstić information content (AvgIpc) is 2.48. The number of ether oxygens (including phenoxy) is 1. The zero-order chi connectivity index (χ0) is 13.9. The van der Waals surface area contributed by atoms with Crippen molar-refractivity contribution in [2.75, 3.05) is 0 Å². The van der Waals surface area contributed by atoms with Crippen molar-refractivity contribution in [1.29, 1.82) is 0 Å². The maximum Gasteiger partial charge on any atom is 0.120 e. The molecule has 3 rings (SSSR count). The summed E-state index contributed by atoms with van der Waals surface area (Å²) in [5.74, 6) is 1.89. The molecule has 0 radical (unpaired) electrons. The number of hydrogen-bond donors (Lipinski definition) is 1. The Morgan fingerprint density at radius 3 is 2.95 bits per heavy atom. The first-order chi connectivity index (χ1) is 9.76. The standard InChI is InChI=1S/C18H27NO/c1-2-13-5-3-7-15(11-13)20-16-10-9-14-6-4-8-18(19)17(14)12-16/h9-10,12-13,15,18H,2-8,11,19H2,1H3/t13?,15?,18-/m0/s1. The minimum atomic E-state index is 0.206. The Balaban J connectivity index is 1.70. The van der Waals surface area contributed by atoms with Gasteiger partial charge in [-0.1, -0.05) is 25.8 Å². The van der Waals surface area contributed by atoms with Crippen molar-refractivity contribution < 1.29 is 4.74 Å². The highest BCUT2D eigenvalue weighted by Crippen LogP contribution is 2.33. The molecule has 1 aromatic carbocycles. The third-order valence-corrected chi connectivity index (χ3v) is 5.09. The van der Waals surface area contributed by atoms with Gasteiger partial charge in [-0.25, -0.2) is 0 Å². The van der Waals surface area contributed by atoms with E-state index in [1.165, 1.54) is 56.1 Å². The summed E-state index contributed by atoms with van der Waals surface area (Å²) in [6.07, 6.45) is 10.3. The molecule has 2 nitrogen and oxygen atoms in total. The second-order valence-corrected chi connectivity index (χ2v) is 6.54. The highest BCUT2D eigenvalue weighted by Gasteiger charge is 2.23. The molecule has 20 heavy (non-hydrogen) atoms. The summed E-state index contributed by atoms with van der Waals surface area (Å²) >= 11 is 0. The molecule has 0 saturated heterocycles. The lowest BCUT2D eigenvalue weighted by Crippen LogP contribution is -2.25. The molecule has 1 saturated carbocycles. The third kappa shape index (κ3) is 3.01. The normalized spacial score (nSPS) is 29.8. The largest absolute Gasteiger partial charge is 0.490 e. The maximum absolute atomic E-state index is 6.25. The highest BCUT2D eigenvalue weighted by molar-refractivity contribution is 5.39. The Morgan fingerprint density at radius 2 is 2.10 bits per heavy atom. The zero-order valence-corrected chi connectivity index (χ0v) is 12.6. The van der Waals surface area contributed by atoms with Crippen LogP contribution in [0.25, 0.3) is 0 Å². The van der Waals surface area contributed by atoms with Crippen LogP contribution < -0.4 is 10.5 Å². The molecule has 2 aliphatic carbocycles. The van der Waals surface area contributed by atoms with E-state index in [0.29, 0.717) is 6.10 Å². The van der Waals surface area contributed by atoms with Crippen LogP contribution in [-0.4, -0.2) is 6.10 Å². The molecule has 2 heteroatoms. The Kier molecular flexibility index (Phi) is 4.30. The molecule has 1 aromatic rings. The lowest BCUT2D eigenvalue weighted by Gasteiger charge is -2.30. The minimum Gasteiger partial charge on any atom is -0.490 e. The van der Waals surface area contributed by atoms with E-state index in [0.717, 1.165) is 18.1 Å². The van der Waals surface area contributed by atoms with E-state index in [4.69, 9.17) is 10.5 Å². The zero-order valence-electron chi connectivity index (χ0n) is 12.6. The van der Waals surface area contributed by atoms with Gasteiger partial charge in [0.1, 0.15) is 5.75 Å². The van der Waals surface area contributed by atoms with Crippen LogP contribution in [0.4, 0.5) is 0 Å². The number of nitrogens with two attached hydrogens (primary N) is 1. The number of rotatable bonds is 3. The monoisotopic (exact) mass is 273 g/mol. The summed E-state index contributed by atoms with van der Waals surface area (Å²) in [5.41, 5.74) is 8.98. The van der Waals surface area contributed by atoms with E-state index in [1.807, 2.05) is 0 Å². The molecule has 3 atom stereocenters. The number of aryl methyl sites for hydroxylation is 1. The summed E-state index contributed by atoms with van der Waals surface area (Å²) in [6, 6.07) is 6.78. The first-order valence-corrected chi connectivity index (χ1v) is 8.31. The maximum atomic E-state index is 6.25. The van der Waals surface area contributed by atoms with Gasteiger partial charge in [0.25, 0.3) is 0 Å². The molecule has 0 bridgehead atoms. The van der Waals surface area contributed by atoms with Gasteiger partial charge in [0.15, 0.2) is 0 Å². The number of fused-ring (bicyclic) bond motifs is 1. The van der Waals surface area contributed by atoms with Gasteiger partial charge < -0.3 is 10.5 Å². The van der Waals surface area contributed by atoms with Gasteiger partial charge in [0.05, 0.1) is 6.10 Å². The molecule has 110 valence electrons. The summed E-state index contributed by atoms with van der Waals surface area (Å²) in [4.78, 5) is 0. The van der Waals surface area contributed by atoms with Gasteiger partial charge >= 0.3 is 0 Å². The fourth-order valence-corrected chi connectivity index (χ4v) is 3.80. The van der Waals surface area contributed by atoms with E-state index < -0.39 is 0 Å². The van der Waals surface area contributed by atoms with Crippen molar-refractivity contribution in [2.45, 2.75) is 70.4 Å². The molecule has 2 N–H and O–H groups in total. The van der Waals surface area contributed by atoms with Crippen LogP contribution in [0.3, 0.4) is 0 Å². The van der Waals surface area contributed by atoms with Crippen molar-refractivity contribution in [1.82, 2.24) is 0 Å². The highest BCUT2D eigenvalue weighted by atomic mass is 16.5. The fourth-order valence-electron chi connectivity index (χ4n) is 3.80. The molecule has 2 unspecified atom stereocenters. The van der Waals surface area contributed by atoms with Crippen molar-refractivity contribution in [3.8, 4) is 5.75 Å². The molecule has 0 aromatic heterocycles. The van der Waals surface area contributed by atoms with Gasteiger partial charge in [-0.2, -0.15) is 0 Å². The topological polar surface area (TPSA) is 35.2 Å². The van der Waals surface area contributed by atoms with E-state index in [1.54, 1.807) is 0 Å². The van der Waals surface area contributed by atoms with Crippen molar-refractivity contribution in [3.05, 3.63) is 29.3 Å². The Hall–Kier alpha value is -1.02. The molecule has 0 aliphatic heterocycles. The Labute approximate surface area is 122 Å². The van der Waals surface area contributed by atoms with Crippen LogP contribution in [0.2, 0.25) is 0 Å². The molecular formula is C18H27NO. The fraction of sp³-hybridized carbons (Fsp3) is 0.667. The minimum absolute atomic E-state index is 0.206. The lowest BCUT2D eigenvalue weighted by atomic mass is 9.85. The first kappa shape index (κ1) is 13.9. The Morgan fingerprint density at radius 1 is 1.20 bits per heavy atom. The molecule has 1 fully saturated rings. The summed E-state index contributed by atoms with van der Waals surface area (Å²) < 4.78 is 6.25. The molecular weight excluding hydrogens is 246 g/mol. The first-order valence-electron chi connectivity index (χ1n) is 8.31.